The number of rotatable bonds is 4. The lowest BCUT2D eigenvalue weighted by Crippen LogP contribution is -2.44. The highest BCUT2D eigenvalue weighted by Crippen LogP contribution is 2.29. The summed E-state index contributed by atoms with van der Waals surface area (Å²) in [7, 11) is 0. The molecular formula is C21H23N5O. The van der Waals surface area contributed by atoms with E-state index in [-0.39, 0.29) is 6.03 Å². The largest absolute Gasteiger partial charge is 0.332 e. The van der Waals surface area contributed by atoms with E-state index in [2.05, 4.69) is 10.4 Å². The molecular weight excluding hydrogens is 338 g/mol. The van der Waals surface area contributed by atoms with Crippen LogP contribution in [0.3, 0.4) is 0 Å². The Hall–Kier alpha value is -3.12. The zero-order valence-corrected chi connectivity index (χ0v) is 15.1. The Morgan fingerprint density at radius 2 is 1.78 bits per heavy atom. The molecule has 1 unspecified atom stereocenters. The van der Waals surface area contributed by atoms with Gasteiger partial charge in [-0.2, -0.15) is 5.10 Å². The van der Waals surface area contributed by atoms with Gasteiger partial charge in [-0.05, 0) is 30.2 Å². The summed E-state index contributed by atoms with van der Waals surface area (Å²) in [4.78, 5) is 14.3. The summed E-state index contributed by atoms with van der Waals surface area (Å²) in [5.74, 6) is 0. The van der Waals surface area contributed by atoms with Gasteiger partial charge in [0.1, 0.15) is 0 Å². The molecule has 0 radical (unpaired) electrons. The Bertz CT molecular complexity index is 909. The molecule has 6 heteroatoms. The number of carbonyl (C=O) groups is 1. The third kappa shape index (κ3) is 3.71. The first-order valence-electron chi connectivity index (χ1n) is 9.11. The standard InChI is InChI=1S/C21H23N5O/c22-21(17-7-3-1-4-8-17)12-14-25(16-21)20(27)23-15-18-11-13-26(24-18)19-9-5-2-6-10-19/h1-11,13H,12,14-16,22H2,(H,23,27). The average Bonchev–Trinajstić information content (AvgIpc) is 3.35. The molecule has 1 aromatic heterocycles. The van der Waals surface area contributed by atoms with E-state index in [1.165, 1.54) is 0 Å². The molecule has 4 rings (SSSR count). The maximum Gasteiger partial charge on any atom is 0.317 e. The monoisotopic (exact) mass is 361 g/mol. The zero-order chi connectivity index (χ0) is 18.7. The minimum absolute atomic E-state index is 0.104. The van der Waals surface area contributed by atoms with Crippen molar-refractivity contribution in [1.29, 1.82) is 0 Å². The van der Waals surface area contributed by atoms with Gasteiger partial charge < -0.3 is 16.0 Å². The van der Waals surface area contributed by atoms with Gasteiger partial charge in [-0.15, -0.1) is 0 Å². The van der Waals surface area contributed by atoms with Gasteiger partial charge in [-0.1, -0.05) is 48.5 Å². The number of nitrogens with two attached hydrogens (primary N) is 1. The molecule has 0 bridgehead atoms. The van der Waals surface area contributed by atoms with Crippen molar-refractivity contribution in [2.75, 3.05) is 13.1 Å². The molecule has 1 atom stereocenters. The van der Waals surface area contributed by atoms with Crippen LogP contribution in [0, 0.1) is 0 Å². The van der Waals surface area contributed by atoms with Gasteiger partial charge >= 0.3 is 6.03 Å². The number of nitrogens with one attached hydrogen (secondary N) is 1. The fourth-order valence-electron chi connectivity index (χ4n) is 3.47. The van der Waals surface area contributed by atoms with Crippen molar-refractivity contribution in [3.8, 4) is 5.69 Å². The average molecular weight is 361 g/mol. The van der Waals surface area contributed by atoms with Gasteiger partial charge in [-0.25, -0.2) is 9.48 Å². The van der Waals surface area contributed by atoms with Crippen LogP contribution in [0.2, 0.25) is 0 Å². The second-order valence-corrected chi connectivity index (χ2v) is 6.94. The van der Waals surface area contributed by atoms with Crippen LogP contribution >= 0.6 is 0 Å². The van der Waals surface area contributed by atoms with E-state index in [1.54, 1.807) is 9.58 Å². The van der Waals surface area contributed by atoms with E-state index in [9.17, 15) is 4.79 Å². The van der Waals surface area contributed by atoms with Crippen LogP contribution in [0.25, 0.3) is 5.69 Å². The smallest absolute Gasteiger partial charge is 0.317 e. The molecule has 0 aliphatic carbocycles. The molecule has 1 aliphatic rings. The minimum atomic E-state index is -0.479. The molecule has 1 fully saturated rings. The normalized spacial score (nSPS) is 19.2. The Morgan fingerprint density at radius 1 is 1.07 bits per heavy atom. The van der Waals surface area contributed by atoms with Crippen LogP contribution < -0.4 is 11.1 Å². The van der Waals surface area contributed by atoms with Crippen molar-refractivity contribution >= 4 is 6.03 Å². The molecule has 0 spiro atoms. The van der Waals surface area contributed by atoms with Crippen molar-refractivity contribution < 1.29 is 4.79 Å². The topological polar surface area (TPSA) is 76.2 Å². The van der Waals surface area contributed by atoms with Crippen LogP contribution in [0.4, 0.5) is 4.79 Å². The summed E-state index contributed by atoms with van der Waals surface area (Å²) in [6, 6.07) is 21.7. The second kappa shape index (κ2) is 7.25. The summed E-state index contributed by atoms with van der Waals surface area (Å²) < 4.78 is 1.80. The number of aromatic nitrogens is 2. The maximum absolute atomic E-state index is 12.5. The molecule has 27 heavy (non-hydrogen) atoms. The van der Waals surface area contributed by atoms with E-state index in [1.807, 2.05) is 72.9 Å². The minimum Gasteiger partial charge on any atom is -0.332 e. The predicted molar refractivity (Wildman–Crippen MR) is 104 cm³/mol. The Morgan fingerprint density at radius 3 is 2.52 bits per heavy atom. The summed E-state index contributed by atoms with van der Waals surface area (Å²) in [5.41, 5.74) is 8.94. The highest BCUT2D eigenvalue weighted by Gasteiger charge is 2.37. The predicted octanol–water partition coefficient (Wildman–Crippen LogP) is 2.64. The molecule has 1 saturated heterocycles. The molecule has 2 heterocycles. The molecule has 0 saturated carbocycles. The summed E-state index contributed by atoms with van der Waals surface area (Å²) in [6.45, 7) is 1.55. The lowest BCUT2D eigenvalue weighted by Gasteiger charge is -2.25. The van der Waals surface area contributed by atoms with Crippen LogP contribution in [0.1, 0.15) is 17.7 Å². The molecule has 6 nitrogen and oxygen atoms in total. The van der Waals surface area contributed by atoms with E-state index in [0.29, 0.717) is 19.6 Å². The van der Waals surface area contributed by atoms with Gasteiger partial charge in [-0.3, -0.25) is 0 Å². The fraction of sp³-hybridized carbons (Fsp3) is 0.238. The molecule has 3 N–H and O–H groups in total. The van der Waals surface area contributed by atoms with Crippen LogP contribution in [0.15, 0.2) is 72.9 Å². The van der Waals surface area contributed by atoms with Gasteiger partial charge in [0, 0.05) is 19.3 Å². The number of benzene rings is 2. The highest BCUT2D eigenvalue weighted by molar-refractivity contribution is 5.74. The summed E-state index contributed by atoms with van der Waals surface area (Å²) in [5, 5.41) is 7.46. The first kappa shape index (κ1) is 17.3. The van der Waals surface area contributed by atoms with Crippen molar-refractivity contribution in [2.45, 2.75) is 18.5 Å². The number of carbonyl (C=O) groups excluding carboxylic acids is 1. The van der Waals surface area contributed by atoms with Gasteiger partial charge in [0.05, 0.1) is 23.5 Å². The quantitative estimate of drug-likeness (QED) is 0.750. The highest BCUT2D eigenvalue weighted by atomic mass is 16.2. The van der Waals surface area contributed by atoms with Gasteiger partial charge in [0.25, 0.3) is 0 Å². The van der Waals surface area contributed by atoms with Crippen LogP contribution in [0.5, 0.6) is 0 Å². The number of nitrogens with zero attached hydrogens (tertiary/aromatic N) is 3. The van der Waals surface area contributed by atoms with Crippen molar-refractivity contribution in [2.24, 2.45) is 5.73 Å². The fourth-order valence-corrected chi connectivity index (χ4v) is 3.47. The lowest BCUT2D eigenvalue weighted by molar-refractivity contribution is 0.205. The van der Waals surface area contributed by atoms with Crippen molar-refractivity contribution in [1.82, 2.24) is 20.0 Å². The van der Waals surface area contributed by atoms with E-state index < -0.39 is 5.54 Å². The van der Waals surface area contributed by atoms with Crippen molar-refractivity contribution in [3.05, 3.63) is 84.2 Å². The van der Waals surface area contributed by atoms with Crippen LogP contribution in [-0.4, -0.2) is 33.8 Å². The molecule has 3 aromatic rings. The number of hydrogen-bond acceptors (Lipinski definition) is 3. The number of para-hydroxylation sites is 1. The van der Waals surface area contributed by atoms with E-state index in [0.717, 1.165) is 23.4 Å². The molecule has 1 aliphatic heterocycles. The maximum atomic E-state index is 12.5. The van der Waals surface area contributed by atoms with Gasteiger partial charge in [0.2, 0.25) is 0 Å². The molecule has 2 amide bonds. The second-order valence-electron chi connectivity index (χ2n) is 6.94. The Labute approximate surface area is 158 Å². The number of likely N-dealkylation sites (tertiary alicyclic amines) is 1. The first-order valence-corrected chi connectivity index (χ1v) is 9.11. The zero-order valence-electron chi connectivity index (χ0n) is 15.1. The molecule has 2 aromatic carbocycles. The third-order valence-corrected chi connectivity index (χ3v) is 5.02. The van der Waals surface area contributed by atoms with Crippen molar-refractivity contribution in [3.63, 3.8) is 0 Å². The van der Waals surface area contributed by atoms with Gasteiger partial charge in [0.15, 0.2) is 0 Å². The Kier molecular flexibility index (Phi) is 4.64. The third-order valence-electron chi connectivity index (χ3n) is 5.02. The Balaban J connectivity index is 1.35. The van der Waals surface area contributed by atoms with Crippen LogP contribution in [-0.2, 0) is 12.1 Å². The summed E-state index contributed by atoms with van der Waals surface area (Å²) in [6.07, 6.45) is 2.65. The van der Waals surface area contributed by atoms with E-state index in [4.69, 9.17) is 5.73 Å². The molecule has 138 valence electrons. The van der Waals surface area contributed by atoms with E-state index >= 15 is 0 Å². The summed E-state index contributed by atoms with van der Waals surface area (Å²) >= 11 is 0. The number of urea groups is 1. The SMILES string of the molecule is NC1(c2ccccc2)CCN(C(=O)NCc2ccn(-c3ccccc3)n2)C1. The first-order chi connectivity index (χ1) is 13.1. The number of amides is 2. The lowest BCUT2D eigenvalue weighted by atomic mass is 9.90. The number of hydrogen-bond donors (Lipinski definition) is 2.